The average molecular weight is 387 g/mol. The number of fused-ring (bicyclic) bond motifs is 2. The maximum Gasteiger partial charge on any atom is 0.0574 e. The van der Waals surface area contributed by atoms with Gasteiger partial charge in [0.25, 0.3) is 0 Å². The second-order valence-corrected chi connectivity index (χ2v) is 11.6. The van der Waals surface area contributed by atoms with Gasteiger partial charge in [0, 0.05) is 7.11 Å². The minimum atomic E-state index is 0.569. The first-order valence-electron chi connectivity index (χ1n) is 13.4. The van der Waals surface area contributed by atoms with Gasteiger partial charge in [-0.3, -0.25) is 0 Å². The summed E-state index contributed by atoms with van der Waals surface area (Å²) in [5, 5.41) is 0. The Morgan fingerprint density at radius 2 is 0.929 bits per heavy atom. The summed E-state index contributed by atoms with van der Waals surface area (Å²) in [5.74, 6) is 8.55. The fourth-order valence-corrected chi connectivity index (χ4v) is 9.54. The van der Waals surface area contributed by atoms with Crippen molar-refractivity contribution >= 4 is 0 Å². The third-order valence-corrected chi connectivity index (χ3v) is 10.5. The molecule has 0 N–H and O–H groups in total. The average Bonchev–Trinajstić information content (AvgIpc) is 2.78. The molecule has 0 unspecified atom stereocenters. The third kappa shape index (κ3) is 3.72. The Hall–Kier alpha value is -0.0400. The van der Waals surface area contributed by atoms with Crippen molar-refractivity contribution in [2.75, 3.05) is 7.11 Å². The molecule has 0 saturated heterocycles. The molecule has 160 valence electrons. The Labute approximate surface area is 174 Å². The summed E-state index contributed by atoms with van der Waals surface area (Å²) < 4.78 is 5.99. The minimum Gasteiger partial charge on any atom is -0.381 e. The van der Waals surface area contributed by atoms with Gasteiger partial charge >= 0.3 is 0 Å². The van der Waals surface area contributed by atoms with Crippen LogP contribution in [0.15, 0.2) is 0 Å². The van der Waals surface area contributed by atoms with Gasteiger partial charge in [0.1, 0.15) is 0 Å². The maximum atomic E-state index is 5.99. The largest absolute Gasteiger partial charge is 0.381 e. The van der Waals surface area contributed by atoms with Crippen LogP contribution in [-0.4, -0.2) is 13.2 Å². The van der Waals surface area contributed by atoms with E-state index in [1.807, 2.05) is 7.11 Å². The summed E-state index contributed by atoms with van der Waals surface area (Å²) in [6.45, 7) is 0. The van der Waals surface area contributed by atoms with Gasteiger partial charge in [-0.25, -0.2) is 0 Å². The number of ether oxygens (including phenoxy) is 1. The number of hydrogen-bond donors (Lipinski definition) is 0. The first-order chi connectivity index (χ1) is 13.9. The Balaban J connectivity index is 1.47. The van der Waals surface area contributed by atoms with Crippen LogP contribution < -0.4 is 0 Å². The molecule has 5 rings (SSSR count). The van der Waals surface area contributed by atoms with Crippen molar-refractivity contribution in [3.05, 3.63) is 0 Å². The first-order valence-corrected chi connectivity index (χ1v) is 13.4. The van der Waals surface area contributed by atoms with Gasteiger partial charge in [-0.15, -0.1) is 0 Å². The lowest BCUT2D eigenvalue weighted by Gasteiger charge is -2.60. The molecule has 7 atom stereocenters. The van der Waals surface area contributed by atoms with E-state index >= 15 is 0 Å². The van der Waals surface area contributed by atoms with Gasteiger partial charge in [0.05, 0.1) is 6.10 Å². The molecule has 0 spiro atoms. The summed E-state index contributed by atoms with van der Waals surface area (Å²) in [6, 6.07) is 0. The number of hydrogen-bond acceptors (Lipinski definition) is 1. The molecule has 0 aliphatic heterocycles. The highest BCUT2D eigenvalue weighted by Crippen LogP contribution is 2.62. The second-order valence-electron chi connectivity index (χ2n) is 11.6. The van der Waals surface area contributed by atoms with Crippen LogP contribution in [0, 0.1) is 47.3 Å². The minimum absolute atomic E-state index is 0.569. The molecule has 0 aromatic rings. The van der Waals surface area contributed by atoms with Gasteiger partial charge in [-0.2, -0.15) is 0 Å². The maximum absolute atomic E-state index is 5.99. The second kappa shape index (κ2) is 8.99. The van der Waals surface area contributed by atoms with Crippen molar-refractivity contribution in [2.24, 2.45) is 47.3 Å². The molecule has 5 saturated carbocycles. The zero-order valence-electron chi connectivity index (χ0n) is 18.6. The Morgan fingerprint density at radius 3 is 1.46 bits per heavy atom. The van der Waals surface area contributed by atoms with Gasteiger partial charge in [-0.05, 0) is 79.4 Å². The van der Waals surface area contributed by atoms with Gasteiger partial charge in [0.2, 0.25) is 0 Å². The highest BCUT2D eigenvalue weighted by Gasteiger charge is 2.55. The van der Waals surface area contributed by atoms with E-state index in [4.69, 9.17) is 4.74 Å². The van der Waals surface area contributed by atoms with E-state index in [2.05, 4.69) is 0 Å². The van der Waals surface area contributed by atoms with Crippen LogP contribution in [0.4, 0.5) is 0 Å². The highest BCUT2D eigenvalue weighted by molar-refractivity contribution is 5.04. The third-order valence-electron chi connectivity index (χ3n) is 10.5. The van der Waals surface area contributed by atoms with Crippen LogP contribution in [0.3, 0.4) is 0 Å². The van der Waals surface area contributed by atoms with Gasteiger partial charge in [0.15, 0.2) is 0 Å². The molecule has 5 aliphatic carbocycles. The first kappa shape index (κ1) is 19.9. The van der Waals surface area contributed by atoms with Crippen molar-refractivity contribution in [1.82, 2.24) is 0 Å². The Kier molecular flexibility index (Phi) is 6.39. The van der Waals surface area contributed by atoms with Crippen LogP contribution in [0.2, 0.25) is 0 Å². The molecule has 0 amide bonds. The fourth-order valence-electron chi connectivity index (χ4n) is 9.54. The molecule has 0 aromatic carbocycles. The van der Waals surface area contributed by atoms with Crippen LogP contribution in [0.5, 0.6) is 0 Å². The zero-order chi connectivity index (χ0) is 18.9. The number of methoxy groups -OCH3 is 1. The van der Waals surface area contributed by atoms with Crippen molar-refractivity contribution < 1.29 is 4.74 Å². The molecule has 5 fully saturated rings. The topological polar surface area (TPSA) is 9.23 Å². The molecule has 0 radical (unpaired) electrons. The molecule has 1 heteroatoms. The van der Waals surface area contributed by atoms with E-state index < -0.39 is 0 Å². The summed E-state index contributed by atoms with van der Waals surface area (Å²) in [5.41, 5.74) is 0. The summed E-state index contributed by atoms with van der Waals surface area (Å²) >= 11 is 0. The van der Waals surface area contributed by atoms with Gasteiger partial charge in [-0.1, -0.05) is 77.0 Å². The van der Waals surface area contributed by atoms with Crippen molar-refractivity contribution in [1.29, 1.82) is 0 Å². The summed E-state index contributed by atoms with van der Waals surface area (Å²) in [4.78, 5) is 0. The molecular weight excluding hydrogens is 340 g/mol. The molecular formula is C27H46O. The molecule has 5 aliphatic rings. The predicted molar refractivity (Wildman–Crippen MR) is 117 cm³/mol. The number of rotatable bonds is 3. The summed E-state index contributed by atoms with van der Waals surface area (Å²) in [6.07, 6.45) is 26.5. The van der Waals surface area contributed by atoms with E-state index in [1.165, 1.54) is 64.2 Å². The van der Waals surface area contributed by atoms with Gasteiger partial charge < -0.3 is 4.74 Å². The lowest BCUT2D eigenvalue weighted by molar-refractivity contribution is -0.131. The standard InChI is InChI=1S/C27H46O/c1-28-21-16-17-24-25(18-21)27(20-12-6-3-7-13-20)23-15-9-8-14-22(23)26(24)19-10-4-2-5-11-19/h19-27H,2-18H2,1H3/t21-,22-,23+,24-,25+,26-,27+/m0/s1. The van der Waals surface area contributed by atoms with E-state index in [0.29, 0.717) is 6.10 Å². The normalized spacial score (nSPS) is 46.0. The lowest BCUT2D eigenvalue weighted by Crippen LogP contribution is -2.54. The Bertz CT molecular complexity index is 488. The van der Waals surface area contributed by atoms with E-state index in [1.54, 1.807) is 44.9 Å². The van der Waals surface area contributed by atoms with Crippen LogP contribution in [-0.2, 0) is 4.74 Å². The smallest absolute Gasteiger partial charge is 0.0574 e. The molecule has 28 heavy (non-hydrogen) atoms. The van der Waals surface area contributed by atoms with Crippen LogP contribution in [0.25, 0.3) is 0 Å². The summed E-state index contributed by atoms with van der Waals surface area (Å²) in [7, 11) is 1.99. The SMILES string of the molecule is CO[C@H]1CC[C@H]2[C@@H](C1)[C@H](C1CCCCC1)[C@@H]1CCCC[C@@H]1[C@@H]2C1CCCCC1. The van der Waals surface area contributed by atoms with E-state index in [0.717, 1.165) is 47.3 Å². The fraction of sp³-hybridized carbons (Fsp3) is 1.00. The van der Waals surface area contributed by atoms with Crippen molar-refractivity contribution in [3.8, 4) is 0 Å². The van der Waals surface area contributed by atoms with Crippen molar-refractivity contribution in [3.63, 3.8) is 0 Å². The van der Waals surface area contributed by atoms with Crippen LogP contribution >= 0.6 is 0 Å². The van der Waals surface area contributed by atoms with E-state index in [9.17, 15) is 0 Å². The quantitative estimate of drug-likeness (QED) is 0.484. The monoisotopic (exact) mass is 386 g/mol. The lowest BCUT2D eigenvalue weighted by atomic mass is 9.45. The molecule has 1 nitrogen and oxygen atoms in total. The Morgan fingerprint density at radius 1 is 0.464 bits per heavy atom. The predicted octanol–water partition coefficient (Wildman–Crippen LogP) is 7.63. The highest BCUT2D eigenvalue weighted by atomic mass is 16.5. The van der Waals surface area contributed by atoms with Crippen molar-refractivity contribution in [2.45, 2.75) is 115 Å². The zero-order valence-corrected chi connectivity index (χ0v) is 18.6. The molecule has 0 aromatic heterocycles. The van der Waals surface area contributed by atoms with Crippen LogP contribution in [0.1, 0.15) is 109 Å². The van der Waals surface area contributed by atoms with E-state index in [-0.39, 0.29) is 0 Å². The molecule has 0 bridgehead atoms. The molecule has 0 heterocycles.